The number of carbonyl (C=O) groups is 1. The number of hydrogen-bond acceptors (Lipinski definition) is 3. The highest BCUT2D eigenvalue weighted by molar-refractivity contribution is 9.10. The zero-order chi connectivity index (χ0) is 14.7. The van der Waals surface area contributed by atoms with Crippen LogP contribution in [0, 0.1) is 0 Å². The van der Waals surface area contributed by atoms with Gasteiger partial charge in [0, 0.05) is 35.4 Å². The number of likely N-dealkylation sites (tertiary alicyclic amines) is 1. The molecule has 2 aromatic rings. The molecule has 1 aromatic carbocycles. The Hall–Kier alpha value is -1.88. The van der Waals surface area contributed by atoms with Gasteiger partial charge in [-0.1, -0.05) is 30.3 Å². The number of hydrogen-bond donors (Lipinski definition) is 0. The van der Waals surface area contributed by atoms with Crippen molar-refractivity contribution >= 4 is 22.0 Å². The number of aromatic nitrogens is 1. The second-order valence-electron chi connectivity index (χ2n) is 5.04. The summed E-state index contributed by atoms with van der Waals surface area (Å²) in [5.74, 6) is 0.308. The van der Waals surface area contributed by atoms with Gasteiger partial charge in [-0.05, 0) is 33.6 Å². The van der Waals surface area contributed by atoms with Gasteiger partial charge in [0.15, 0.2) is 0 Å². The number of carbonyl (C=O) groups excluding carboxylic acids is 1. The SMILES string of the molecule is O=C(OCc1ccccc1)N1CC(c2ccc(Br)cn2)C1. The maximum Gasteiger partial charge on any atom is 0.410 e. The van der Waals surface area contributed by atoms with Crippen molar-refractivity contribution in [1.29, 1.82) is 0 Å². The number of ether oxygens (including phenoxy) is 1. The van der Waals surface area contributed by atoms with Crippen LogP contribution in [0.4, 0.5) is 4.79 Å². The molecule has 1 amide bonds. The minimum absolute atomic E-state index is 0.257. The first-order chi connectivity index (χ1) is 10.2. The maximum atomic E-state index is 11.9. The third kappa shape index (κ3) is 3.42. The summed E-state index contributed by atoms with van der Waals surface area (Å²) in [5.41, 5.74) is 2.02. The van der Waals surface area contributed by atoms with E-state index in [4.69, 9.17) is 4.74 Å². The van der Waals surface area contributed by atoms with Crippen LogP contribution in [-0.2, 0) is 11.3 Å². The van der Waals surface area contributed by atoms with Crippen LogP contribution in [0.15, 0.2) is 53.1 Å². The lowest BCUT2D eigenvalue weighted by Gasteiger charge is -2.37. The van der Waals surface area contributed by atoms with Crippen molar-refractivity contribution in [1.82, 2.24) is 9.88 Å². The van der Waals surface area contributed by atoms with Gasteiger partial charge in [0.25, 0.3) is 0 Å². The Balaban J connectivity index is 1.47. The molecular formula is C16H15BrN2O2. The van der Waals surface area contributed by atoms with Crippen LogP contribution in [0.1, 0.15) is 17.2 Å². The summed E-state index contributed by atoms with van der Waals surface area (Å²) in [4.78, 5) is 18.0. The van der Waals surface area contributed by atoms with E-state index in [0.29, 0.717) is 25.6 Å². The van der Waals surface area contributed by atoms with Crippen molar-refractivity contribution in [2.75, 3.05) is 13.1 Å². The molecule has 1 aromatic heterocycles. The number of halogens is 1. The van der Waals surface area contributed by atoms with Crippen molar-refractivity contribution in [2.45, 2.75) is 12.5 Å². The Bertz CT molecular complexity index is 610. The summed E-state index contributed by atoms with van der Waals surface area (Å²) < 4.78 is 6.26. The smallest absolute Gasteiger partial charge is 0.410 e. The van der Waals surface area contributed by atoms with E-state index in [1.54, 1.807) is 11.1 Å². The zero-order valence-corrected chi connectivity index (χ0v) is 13.0. The number of rotatable bonds is 3. The third-order valence-corrected chi connectivity index (χ3v) is 3.98. The molecular weight excluding hydrogens is 332 g/mol. The van der Waals surface area contributed by atoms with E-state index in [-0.39, 0.29) is 6.09 Å². The van der Waals surface area contributed by atoms with Crippen molar-refractivity contribution in [3.05, 3.63) is 64.4 Å². The van der Waals surface area contributed by atoms with Crippen LogP contribution in [-0.4, -0.2) is 29.1 Å². The molecule has 0 aliphatic carbocycles. The molecule has 1 fully saturated rings. The van der Waals surface area contributed by atoms with Gasteiger partial charge < -0.3 is 9.64 Å². The van der Waals surface area contributed by atoms with Crippen LogP contribution in [0.3, 0.4) is 0 Å². The molecule has 0 radical (unpaired) electrons. The molecule has 2 heterocycles. The van der Waals surface area contributed by atoms with Gasteiger partial charge in [0.05, 0.1) is 0 Å². The summed E-state index contributed by atoms with van der Waals surface area (Å²) in [5, 5.41) is 0. The number of nitrogens with zero attached hydrogens (tertiary/aromatic N) is 2. The fourth-order valence-electron chi connectivity index (χ4n) is 2.25. The average Bonchev–Trinajstić information content (AvgIpc) is 2.47. The standard InChI is InChI=1S/C16H15BrN2O2/c17-14-6-7-15(18-8-14)13-9-19(10-13)16(20)21-11-12-4-2-1-3-5-12/h1-8,13H,9-11H2. The van der Waals surface area contributed by atoms with E-state index in [1.807, 2.05) is 42.5 Å². The third-order valence-electron chi connectivity index (χ3n) is 3.51. The van der Waals surface area contributed by atoms with E-state index in [0.717, 1.165) is 15.7 Å². The fraction of sp³-hybridized carbons (Fsp3) is 0.250. The number of pyridine rings is 1. The average molecular weight is 347 g/mol. The van der Waals surface area contributed by atoms with Gasteiger partial charge in [-0.3, -0.25) is 4.98 Å². The minimum Gasteiger partial charge on any atom is -0.445 e. The van der Waals surface area contributed by atoms with Crippen molar-refractivity contribution in [3.8, 4) is 0 Å². The molecule has 1 aliphatic heterocycles. The van der Waals surface area contributed by atoms with E-state index in [1.165, 1.54) is 0 Å². The lowest BCUT2D eigenvalue weighted by Crippen LogP contribution is -2.48. The predicted molar refractivity (Wildman–Crippen MR) is 82.9 cm³/mol. The van der Waals surface area contributed by atoms with E-state index in [9.17, 15) is 4.79 Å². The molecule has 0 atom stereocenters. The molecule has 1 saturated heterocycles. The van der Waals surface area contributed by atoms with Crippen LogP contribution < -0.4 is 0 Å². The monoisotopic (exact) mass is 346 g/mol. The fourth-order valence-corrected chi connectivity index (χ4v) is 2.49. The lowest BCUT2D eigenvalue weighted by atomic mass is 9.96. The summed E-state index contributed by atoms with van der Waals surface area (Å²) in [6.07, 6.45) is 1.53. The highest BCUT2D eigenvalue weighted by Gasteiger charge is 2.33. The molecule has 3 rings (SSSR count). The van der Waals surface area contributed by atoms with Gasteiger partial charge in [0.1, 0.15) is 6.61 Å². The summed E-state index contributed by atoms with van der Waals surface area (Å²) in [6, 6.07) is 13.6. The molecule has 0 bridgehead atoms. The molecule has 0 spiro atoms. The Morgan fingerprint density at radius 1 is 1.24 bits per heavy atom. The lowest BCUT2D eigenvalue weighted by molar-refractivity contribution is 0.0657. The molecule has 4 nitrogen and oxygen atoms in total. The highest BCUT2D eigenvalue weighted by atomic mass is 79.9. The second kappa shape index (κ2) is 6.26. The Kier molecular flexibility index (Phi) is 4.20. The van der Waals surface area contributed by atoms with Gasteiger partial charge in [0.2, 0.25) is 0 Å². The zero-order valence-electron chi connectivity index (χ0n) is 11.4. The molecule has 0 N–H and O–H groups in total. The second-order valence-corrected chi connectivity index (χ2v) is 5.96. The Labute approximate surface area is 131 Å². The maximum absolute atomic E-state index is 11.9. The summed E-state index contributed by atoms with van der Waals surface area (Å²) in [7, 11) is 0. The molecule has 108 valence electrons. The Morgan fingerprint density at radius 2 is 2.00 bits per heavy atom. The molecule has 0 unspecified atom stereocenters. The predicted octanol–water partition coefficient (Wildman–Crippen LogP) is 3.58. The summed E-state index contributed by atoms with van der Waals surface area (Å²) in [6.45, 7) is 1.65. The van der Waals surface area contributed by atoms with E-state index >= 15 is 0 Å². The number of amides is 1. The van der Waals surface area contributed by atoms with Crippen LogP contribution in [0.2, 0.25) is 0 Å². The van der Waals surface area contributed by atoms with Gasteiger partial charge in [-0.25, -0.2) is 4.79 Å². The van der Waals surface area contributed by atoms with Gasteiger partial charge in [-0.2, -0.15) is 0 Å². The van der Waals surface area contributed by atoms with Crippen LogP contribution in [0.25, 0.3) is 0 Å². The summed E-state index contributed by atoms with van der Waals surface area (Å²) >= 11 is 3.37. The van der Waals surface area contributed by atoms with E-state index in [2.05, 4.69) is 20.9 Å². The van der Waals surface area contributed by atoms with Gasteiger partial charge >= 0.3 is 6.09 Å². The minimum atomic E-state index is -0.257. The normalized spacial score (nSPS) is 14.6. The molecule has 1 aliphatic rings. The van der Waals surface area contributed by atoms with Gasteiger partial charge in [-0.15, -0.1) is 0 Å². The molecule has 0 saturated carbocycles. The van der Waals surface area contributed by atoms with E-state index < -0.39 is 0 Å². The molecule has 5 heteroatoms. The van der Waals surface area contributed by atoms with Crippen molar-refractivity contribution in [2.24, 2.45) is 0 Å². The highest BCUT2D eigenvalue weighted by Crippen LogP contribution is 2.26. The Morgan fingerprint density at radius 3 is 2.67 bits per heavy atom. The largest absolute Gasteiger partial charge is 0.445 e. The quantitative estimate of drug-likeness (QED) is 0.852. The number of benzene rings is 1. The first kappa shape index (κ1) is 14.1. The van der Waals surface area contributed by atoms with Crippen molar-refractivity contribution in [3.63, 3.8) is 0 Å². The first-order valence-electron chi connectivity index (χ1n) is 6.79. The van der Waals surface area contributed by atoms with Crippen molar-refractivity contribution < 1.29 is 9.53 Å². The van der Waals surface area contributed by atoms with Crippen LogP contribution in [0.5, 0.6) is 0 Å². The first-order valence-corrected chi connectivity index (χ1v) is 7.59. The van der Waals surface area contributed by atoms with Crippen LogP contribution >= 0.6 is 15.9 Å². The molecule has 21 heavy (non-hydrogen) atoms. The topological polar surface area (TPSA) is 42.4 Å².